The molecule has 0 saturated heterocycles. The van der Waals surface area contributed by atoms with Gasteiger partial charge in [-0.2, -0.15) is 5.26 Å². The normalized spacial score (nSPS) is 10.9. The molecule has 0 aliphatic heterocycles. The first-order chi connectivity index (χ1) is 13.1. The third-order valence-electron chi connectivity index (χ3n) is 3.76. The summed E-state index contributed by atoms with van der Waals surface area (Å²) in [7, 11) is 1.56. The van der Waals surface area contributed by atoms with Crippen LogP contribution in [0.15, 0.2) is 70.7 Å². The van der Waals surface area contributed by atoms with Gasteiger partial charge in [-0.05, 0) is 60.7 Å². The number of ether oxygens (including phenoxy) is 1. The second kappa shape index (κ2) is 8.26. The minimum atomic E-state index is -0.521. The van der Waals surface area contributed by atoms with Gasteiger partial charge in [0.05, 0.1) is 7.11 Å². The number of carbonyl (C=O) groups is 1. The molecule has 5 nitrogen and oxygen atoms in total. The molecule has 3 aromatic rings. The number of carbonyl (C=O) groups excluding carboxylic acids is 1. The van der Waals surface area contributed by atoms with Crippen LogP contribution in [0, 0.1) is 11.3 Å². The van der Waals surface area contributed by atoms with Gasteiger partial charge in [0.15, 0.2) is 0 Å². The summed E-state index contributed by atoms with van der Waals surface area (Å²) >= 11 is 5.88. The van der Waals surface area contributed by atoms with Crippen molar-refractivity contribution in [3.8, 4) is 23.1 Å². The van der Waals surface area contributed by atoms with Gasteiger partial charge >= 0.3 is 0 Å². The van der Waals surface area contributed by atoms with Crippen LogP contribution in [0.5, 0.6) is 5.75 Å². The number of hydrogen-bond acceptors (Lipinski definition) is 4. The molecule has 0 spiro atoms. The van der Waals surface area contributed by atoms with E-state index in [0.29, 0.717) is 28.0 Å². The van der Waals surface area contributed by atoms with Gasteiger partial charge in [-0.1, -0.05) is 11.6 Å². The van der Waals surface area contributed by atoms with E-state index in [9.17, 15) is 10.1 Å². The molecule has 2 aromatic carbocycles. The first-order valence-corrected chi connectivity index (χ1v) is 8.40. The van der Waals surface area contributed by atoms with Crippen molar-refractivity contribution < 1.29 is 13.9 Å². The van der Waals surface area contributed by atoms with E-state index in [-0.39, 0.29) is 5.57 Å². The Balaban J connectivity index is 1.76. The molecule has 1 heterocycles. The van der Waals surface area contributed by atoms with E-state index >= 15 is 0 Å². The van der Waals surface area contributed by atoms with Gasteiger partial charge in [-0.15, -0.1) is 0 Å². The topological polar surface area (TPSA) is 75.3 Å². The van der Waals surface area contributed by atoms with Crippen molar-refractivity contribution in [3.05, 3.63) is 77.0 Å². The fraction of sp³-hybridized carbons (Fsp3) is 0.0476. The smallest absolute Gasteiger partial charge is 0.266 e. The van der Waals surface area contributed by atoms with Crippen molar-refractivity contribution in [2.24, 2.45) is 0 Å². The Morgan fingerprint density at radius 1 is 1.11 bits per heavy atom. The van der Waals surface area contributed by atoms with E-state index in [1.165, 1.54) is 6.08 Å². The minimum Gasteiger partial charge on any atom is -0.497 e. The number of halogens is 1. The molecule has 1 N–H and O–H groups in total. The zero-order valence-electron chi connectivity index (χ0n) is 14.4. The minimum absolute atomic E-state index is 0.0668. The highest BCUT2D eigenvalue weighted by atomic mass is 35.5. The number of amides is 1. The van der Waals surface area contributed by atoms with E-state index in [1.807, 2.05) is 18.2 Å². The summed E-state index contributed by atoms with van der Waals surface area (Å²) in [6.45, 7) is 0. The van der Waals surface area contributed by atoms with Crippen LogP contribution in [-0.4, -0.2) is 13.0 Å². The van der Waals surface area contributed by atoms with Gasteiger partial charge < -0.3 is 14.5 Å². The summed E-state index contributed by atoms with van der Waals surface area (Å²) in [5.41, 5.74) is 1.34. The zero-order valence-corrected chi connectivity index (χ0v) is 15.2. The van der Waals surface area contributed by atoms with E-state index in [1.54, 1.807) is 55.6 Å². The second-order valence-electron chi connectivity index (χ2n) is 5.56. The summed E-state index contributed by atoms with van der Waals surface area (Å²) in [4.78, 5) is 12.3. The highest BCUT2D eigenvalue weighted by Gasteiger charge is 2.11. The Kier molecular flexibility index (Phi) is 5.60. The van der Waals surface area contributed by atoms with Crippen LogP contribution in [0.25, 0.3) is 17.4 Å². The highest BCUT2D eigenvalue weighted by molar-refractivity contribution is 6.30. The lowest BCUT2D eigenvalue weighted by atomic mass is 10.2. The number of hydrogen-bond donors (Lipinski definition) is 1. The summed E-state index contributed by atoms with van der Waals surface area (Å²) in [5.74, 6) is 1.17. The average Bonchev–Trinajstić information content (AvgIpc) is 3.16. The molecule has 1 amide bonds. The molecule has 0 unspecified atom stereocenters. The summed E-state index contributed by atoms with van der Waals surface area (Å²) in [5, 5.41) is 12.6. The van der Waals surface area contributed by atoms with Crippen molar-refractivity contribution >= 4 is 29.3 Å². The van der Waals surface area contributed by atoms with E-state index in [4.69, 9.17) is 20.8 Å². The summed E-state index contributed by atoms with van der Waals surface area (Å²) < 4.78 is 10.8. The van der Waals surface area contributed by atoms with Crippen LogP contribution in [-0.2, 0) is 4.79 Å². The van der Waals surface area contributed by atoms with Crippen molar-refractivity contribution in [1.82, 2.24) is 0 Å². The third kappa shape index (κ3) is 4.57. The average molecular weight is 379 g/mol. The van der Waals surface area contributed by atoms with E-state index < -0.39 is 5.91 Å². The zero-order chi connectivity index (χ0) is 19.2. The fourth-order valence-corrected chi connectivity index (χ4v) is 2.49. The lowest BCUT2D eigenvalue weighted by Crippen LogP contribution is -2.13. The largest absolute Gasteiger partial charge is 0.497 e. The lowest BCUT2D eigenvalue weighted by molar-refractivity contribution is -0.112. The summed E-state index contributed by atoms with van der Waals surface area (Å²) in [6.07, 6.45) is 1.40. The SMILES string of the molecule is COc1ccc(NC(=O)/C(C#N)=C\c2ccc(-c3ccc(Cl)cc3)o2)cc1. The molecule has 1 aromatic heterocycles. The van der Waals surface area contributed by atoms with Crippen LogP contribution < -0.4 is 10.1 Å². The molecular formula is C21H15ClN2O3. The first-order valence-electron chi connectivity index (χ1n) is 8.02. The number of benzene rings is 2. The maximum Gasteiger partial charge on any atom is 0.266 e. The number of nitrogens with one attached hydrogen (secondary N) is 1. The molecule has 6 heteroatoms. The van der Waals surface area contributed by atoms with Gasteiger partial charge in [0.25, 0.3) is 5.91 Å². The highest BCUT2D eigenvalue weighted by Crippen LogP contribution is 2.25. The molecule has 3 rings (SSSR count). The maximum absolute atomic E-state index is 12.3. The fourth-order valence-electron chi connectivity index (χ4n) is 2.36. The summed E-state index contributed by atoms with van der Waals surface area (Å²) in [6, 6.07) is 19.4. The van der Waals surface area contributed by atoms with Gasteiger partial charge in [-0.3, -0.25) is 4.79 Å². The van der Waals surface area contributed by atoms with Crippen LogP contribution in [0.1, 0.15) is 5.76 Å². The number of anilines is 1. The van der Waals surface area contributed by atoms with Crippen molar-refractivity contribution in [3.63, 3.8) is 0 Å². The molecule has 27 heavy (non-hydrogen) atoms. The molecule has 0 saturated carbocycles. The molecule has 0 bridgehead atoms. The number of furan rings is 1. The van der Waals surface area contributed by atoms with Gasteiger partial charge in [-0.25, -0.2) is 0 Å². The molecular weight excluding hydrogens is 364 g/mol. The maximum atomic E-state index is 12.3. The van der Waals surface area contributed by atoms with Crippen molar-refractivity contribution in [2.45, 2.75) is 0 Å². The Morgan fingerprint density at radius 2 is 1.81 bits per heavy atom. The molecule has 0 fully saturated rings. The quantitative estimate of drug-likeness (QED) is 0.491. The van der Waals surface area contributed by atoms with Gasteiger partial charge in [0, 0.05) is 22.3 Å². The van der Waals surface area contributed by atoms with Gasteiger partial charge in [0.1, 0.15) is 28.9 Å². The first kappa shape index (κ1) is 18.3. The van der Waals surface area contributed by atoms with E-state index in [0.717, 1.165) is 5.56 Å². The third-order valence-corrected chi connectivity index (χ3v) is 4.01. The van der Waals surface area contributed by atoms with E-state index in [2.05, 4.69) is 5.32 Å². The standard InChI is InChI=1S/C21H15ClN2O3/c1-26-18-8-6-17(7-9-18)24-21(25)15(13-23)12-19-10-11-20(27-19)14-2-4-16(22)5-3-14/h2-12H,1H3,(H,24,25)/b15-12-. The van der Waals surface area contributed by atoms with Crippen molar-refractivity contribution in [2.75, 3.05) is 12.4 Å². The predicted molar refractivity (Wildman–Crippen MR) is 104 cm³/mol. The number of rotatable bonds is 5. The second-order valence-corrected chi connectivity index (χ2v) is 6.00. The lowest BCUT2D eigenvalue weighted by Gasteiger charge is -2.05. The Hall–Kier alpha value is -3.49. The molecule has 0 aliphatic carbocycles. The Bertz CT molecular complexity index is 1010. The van der Waals surface area contributed by atoms with Crippen LogP contribution in [0.4, 0.5) is 5.69 Å². The molecule has 0 aliphatic rings. The monoisotopic (exact) mass is 378 g/mol. The molecule has 0 atom stereocenters. The Morgan fingerprint density at radius 3 is 2.44 bits per heavy atom. The molecule has 0 radical (unpaired) electrons. The van der Waals surface area contributed by atoms with Crippen LogP contribution in [0.2, 0.25) is 5.02 Å². The number of methoxy groups -OCH3 is 1. The number of nitrogens with zero attached hydrogens (tertiary/aromatic N) is 1. The molecule has 134 valence electrons. The van der Waals surface area contributed by atoms with Crippen molar-refractivity contribution in [1.29, 1.82) is 5.26 Å². The van der Waals surface area contributed by atoms with Crippen LogP contribution in [0.3, 0.4) is 0 Å². The number of nitriles is 1. The van der Waals surface area contributed by atoms with Crippen LogP contribution >= 0.6 is 11.6 Å². The van der Waals surface area contributed by atoms with Gasteiger partial charge in [0.2, 0.25) is 0 Å². The Labute approximate surface area is 161 Å². The predicted octanol–water partition coefficient (Wildman–Crippen LogP) is 5.15.